The number of benzene rings is 4. The van der Waals surface area contributed by atoms with Crippen LogP contribution in [0.4, 0.5) is 0 Å². The van der Waals surface area contributed by atoms with Gasteiger partial charge in [-0.25, -0.2) is 0 Å². The molecule has 5 aromatic rings. The average Bonchev–Trinajstić information content (AvgIpc) is 2.96. The van der Waals surface area contributed by atoms with Crippen molar-refractivity contribution in [2.75, 3.05) is 7.11 Å². The zero-order chi connectivity index (χ0) is 32.7. The summed E-state index contributed by atoms with van der Waals surface area (Å²) in [6.45, 7) is 0. The smallest absolute Gasteiger partial charge is 0.238 e. The second-order valence-electron chi connectivity index (χ2n) is 9.81. The maximum atomic E-state index is 12.2. The van der Waals surface area contributed by atoms with Crippen molar-refractivity contribution < 1.29 is 64.6 Å². The van der Waals surface area contributed by atoms with E-state index in [1.54, 1.807) is 12.1 Å². The highest BCUT2D eigenvalue weighted by Crippen LogP contribution is 2.44. The lowest BCUT2D eigenvalue weighted by Gasteiger charge is -2.26. The predicted molar refractivity (Wildman–Crippen MR) is 155 cm³/mol. The van der Waals surface area contributed by atoms with E-state index in [4.69, 9.17) is 13.9 Å². The van der Waals surface area contributed by atoms with Crippen molar-refractivity contribution in [3.63, 3.8) is 0 Å². The van der Waals surface area contributed by atoms with Crippen LogP contribution in [0, 0.1) is 0 Å². The van der Waals surface area contributed by atoms with E-state index >= 15 is 0 Å². The second kappa shape index (κ2) is 11.3. The van der Waals surface area contributed by atoms with Crippen molar-refractivity contribution in [1.82, 2.24) is 0 Å². The van der Waals surface area contributed by atoms with Crippen LogP contribution in [0.2, 0.25) is 0 Å². The summed E-state index contributed by atoms with van der Waals surface area (Å²) in [6, 6.07) is 11.0. The number of rotatable bonds is 3. The summed E-state index contributed by atoms with van der Waals surface area (Å²) >= 11 is 0. The third-order valence-electron chi connectivity index (χ3n) is 6.83. The summed E-state index contributed by atoms with van der Waals surface area (Å²) in [7, 11) is 1.44. The Morgan fingerprint density at radius 3 is 2.00 bits per heavy atom. The van der Waals surface area contributed by atoms with Crippen molar-refractivity contribution in [2.45, 2.75) is 12.5 Å². The van der Waals surface area contributed by atoms with Gasteiger partial charge in [-0.05, 0) is 29.8 Å². The topological polar surface area (TPSA) is 248 Å². The first-order chi connectivity index (χ1) is 21.3. The van der Waals surface area contributed by atoms with Crippen LogP contribution >= 0.6 is 0 Å². The number of fused-ring (bicyclic) bond motifs is 2. The summed E-state index contributed by atoms with van der Waals surface area (Å²) in [6.07, 6.45) is -0.588. The first-order valence-corrected chi connectivity index (χ1v) is 12.9. The number of aromatic hydroxyl groups is 9. The number of Topliss-reactive ketones (excluding diaryl/α,β-unsaturated/α-hetero) is 1. The van der Waals surface area contributed by atoms with Gasteiger partial charge in [0.25, 0.3) is 0 Å². The number of carbonyl (C=O) groups excluding carboxylic acids is 1. The predicted octanol–water partition coefficient (Wildman–Crippen LogP) is 4.21. The lowest BCUT2D eigenvalue weighted by Crippen LogP contribution is -2.20. The third-order valence-corrected chi connectivity index (χ3v) is 6.83. The van der Waals surface area contributed by atoms with Crippen molar-refractivity contribution >= 4 is 16.8 Å². The first kappa shape index (κ1) is 30.0. The largest absolute Gasteiger partial charge is 0.508 e. The Morgan fingerprint density at radius 2 is 1.36 bits per heavy atom. The lowest BCUT2D eigenvalue weighted by atomic mass is 9.95. The van der Waals surface area contributed by atoms with Gasteiger partial charge in [0, 0.05) is 29.8 Å². The Bertz CT molecular complexity index is 2020. The normalized spacial score (nSPS) is 13.8. The number of ether oxygens (including phenoxy) is 2. The highest BCUT2D eigenvalue weighted by Gasteiger charge is 2.31. The number of phenols is 8. The molecule has 0 unspecified atom stereocenters. The molecule has 1 aliphatic rings. The van der Waals surface area contributed by atoms with Gasteiger partial charge in [0.05, 0.1) is 13.5 Å². The molecule has 0 spiro atoms. The van der Waals surface area contributed by atoms with Crippen molar-refractivity contribution in [3.05, 3.63) is 75.9 Å². The van der Waals surface area contributed by atoms with E-state index in [9.17, 15) is 55.5 Å². The highest BCUT2D eigenvalue weighted by molar-refractivity contribution is 6.02. The molecule has 0 amide bonds. The molecular formula is C31H24O14. The summed E-state index contributed by atoms with van der Waals surface area (Å²) < 4.78 is 16.0. The minimum Gasteiger partial charge on any atom is -0.508 e. The molecule has 0 aliphatic carbocycles. The highest BCUT2D eigenvalue weighted by atomic mass is 16.5. The van der Waals surface area contributed by atoms with E-state index in [-0.39, 0.29) is 63.0 Å². The Kier molecular flexibility index (Phi) is 7.56. The summed E-state index contributed by atoms with van der Waals surface area (Å²) in [4.78, 5) is 24.4. The molecule has 1 aliphatic heterocycles. The Morgan fingerprint density at radius 1 is 0.711 bits per heavy atom. The van der Waals surface area contributed by atoms with Crippen molar-refractivity contribution in [2.24, 2.45) is 0 Å². The Hall–Kier alpha value is -6.44. The monoisotopic (exact) mass is 620 g/mol. The minimum absolute atomic E-state index is 0.0249. The molecular weight excluding hydrogens is 596 g/mol. The number of hydrogen-bond acceptors (Lipinski definition) is 14. The maximum absolute atomic E-state index is 12.2. The number of hydrogen-bond donors (Lipinski definition) is 9. The van der Waals surface area contributed by atoms with Gasteiger partial charge in [0.1, 0.15) is 51.4 Å². The van der Waals surface area contributed by atoms with Gasteiger partial charge < -0.3 is 59.8 Å². The van der Waals surface area contributed by atoms with Gasteiger partial charge in [0.2, 0.25) is 11.2 Å². The zero-order valence-corrected chi connectivity index (χ0v) is 23.0. The fourth-order valence-corrected chi connectivity index (χ4v) is 4.72. The van der Waals surface area contributed by atoms with Gasteiger partial charge in [-0.1, -0.05) is 6.07 Å². The number of phenolic OH excluding ortho intramolecular Hbond substituents is 8. The van der Waals surface area contributed by atoms with E-state index in [1.807, 2.05) is 0 Å². The zero-order valence-electron chi connectivity index (χ0n) is 23.0. The minimum atomic E-state index is -0.967. The summed E-state index contributed by atoms with van der Waals surface area (Å²) in [5.41, 5.74) is -0.623. The molecule has 45 heavy (non-hydrogen) atoms. The SMILES string of the molecule is COc1ccc([C@@H]2CC(=O)c3c(O)cc(O)cc3O2)cc1O.O=c1c(O)c(-c2cc(O)c(O)c(O)c2)oc2cc(O)cc(O)c12. The molecule has 1 aromatic heterocycles. The quantitative estimate of drug-likeness (QED) is 0.128. The fourth-order valence-electron chi connectivity index (χ4n) is 4.72. The van der Waals surface area contributed by atoms with E-state index < -0.39 is 46.0 Å². The molecule has 0 saturated heterocycles. The van der Waals surface area contributed by atoms with Crippen LogP contribution in [0.25, 0.3) is 22.3 Å². The molecule has 14 heteroatoms. The van der Waals surface area contributed by atoms with Gasteiger partial charge in [-0.2, -0.15) is 0 Å². The molecule has 14 nitrogen and oxygen atoms in total. The summed E-state index contributed by atoms with van der Waals surface area (Å²) in [5, 5.41) is 86.3. The van der Waals surface area contributed by atoms with Crippen LogP contribution in [0.1, 0.15) is 28.4 Å². The number of ketones is 1. The second-order valence-corrected chi connectivity index (χ2v) is 9.81. The van der Waals surface area contributed by atoms with E-state index in [0.717, 1.165) is 30.3 Å². The van der Waals surface area contributed by atoms with Crippen molar-refractivity contribution in [1.29, 1.82) is 0 Å². The third kappa shape index (κ3) is 5.54. The number of carbonyl (C=O) groups is 1. The van der Waals surface area contributed by atoms with Crippen LogP contribution in [0.15, 0.2) is 63.8 Å². The Labute approximate surface area is 251 Å². The molecule has 232 valence electrons. The molecule has 1 atom stereocenters. The molecule has 9 N–H and O–H groups in total. The molecule has 0 saturated carbocycles. The van der Waals surface area contributed by atoms with Gasteiger partial charge in [-0.15, -0.1) is 0 Å². The summed E-state index contributed by atoms with van der Waals surface area (Å²) in [5.74, 6) is -4.80. The molecule has 0 bridgehead atoms. The molecule has 4 aromatic carbocycles. The van der Waals surface area contributed by atoms with Crippen LogP contribution in [-0.4, -0.2) is 58.9 Å². The average molecular weight is 621 g/mol. The van der Waals surface area contributed by atoms with Gasteiger partial charge >= 0.3 is 0 Å². The van der Waals surface area contributed by atoms with E-state index in [1.165, 1.54) is 19.2 Å². The van der Waals surface area contributed by atoms with E-state index in [0.29, 0.717) is 11.3 Å². The molecule has 2 heterocycles. The molecule has 0 fully saturated rings. The van der Waals surface area contributed by atoms with Crippen LogP contribution in [0.5, 0.6) is 63.2 Å². The van der Waals surface area contributed by atoms with E-state index in [2.05, 4.69) is 0 Å². The fraction of sp³-hybridized carbons (Fsp3) is 0.0968. The Balaban J connectivity index is 0.000000178. The van der Waals surface area contributed by atoms with Gasteiger partial charge in [0.15, 0.2) is 40.3 Å². The van der Waals surface area contributed by atoms with Crippen LogP contribution in [0.3, 0.4) is 0 Å². The lowest BCUT2D eigenvalue weighted by molar-refractivity contribution is 0.0844. The first-order valence-electron chi connectivity index (χ1n) is 12.9. The molecule has 0 radical (unpaired) electrons. The van der Waals surface area contributed by atoms with Gasteiger partial charge in [-0.3, -0.25) is 9.59 Å². The van der Waals surface area contributed by atoms with Crippen LogP contribution < -0.4 is 14.9 Å². The van der Waals surface area contributed by atoms with Crippen molar-refractivity contribution in [3.8, 4) is 74.6 Å². The number of methoxy groups -OCH3 is 1. The molecule has 6 rings (SSSR count). The maximum Gasteiger partial charge on any atom is 0.238 e. The standard InChI is InChI=1S/C16H14O6.C15H10O8/c1-21-13-3-2-8(4-10(13)18)14-7-12(20)16-11(19)5-9(17)6-15(16)22-14;16-6-3-7(17)11-10(4-6)23-15(14(22)13(11)21)5-1-8(18)12(20)9(19)2-5/h2-6,14,17-19H,7H2,1H3;1-4,16-20,22H/t14-;/m0./s1. The van der Waals surface area contributed by atoms with Crippen LogP contribution in [-0.2, 0) is 0 Å².